The van der Waals surface area contributed by atoms with Gasteiger partial charge in [0.15, 0.2) is 0 Å². The molecule has 0 saturated carbocycles. The van der Waals surface area contributed by atoms with Gasteiger partial charge in [-0.15, -0.1) is 0 Å². The molecule has 0 radical (unpaired) electrons. The fourth-order valence-electron chi connectivity index (χ4n) is 2.05. The molecule has 3 rings (SSSR count). The van der Waals surface area contributed by atoms with E-state index in [0.717, 1.165) is 0 Å². The summed E-state index contributed by atoms with van der Waals surface area (Å²) in [4.78, 5) is 4.24. The minimum Gasteiger partial charge on any atom is -0.369 e. The first-order valence-electron chi connectivity index (χ1n) is 5.56. The Kier molecular flexibility index (Phi) is 3.36. The molecule has 0 amide bonds. The summed E-state index contributed by atoms with van der Waals surface area (Å²) >= 11 is 15.4. The highest BCUT2D eigenvalue weighted by Gasteiger charge is 2.16. The maximum atomic E-state index is 13.3. The molecule has 0 aliphatic carbocycles. The molecule has 2 aromatic carbocycles. The molecular weight excluding hydrogens is 368 g/mol. The van der Waals surface area contributed by atoms with Crippen molar-refractivity contribution in [2.24, 2.45) is 0 Å². The largest absolute Gasteiger partial charge is 0.369 e. The lowest BCUT2D eigenvalue weighted by Gasteiger charge is -2.11. The number of nitrogens with two attached hydrogens (primary N) is 1. The van der Waals surface area contributed by atoms with Gasteiger partial charge in [0.2, 0.25) is 5.95 Å². The summed E-state index contributed by atoms with van der Waals surface area (Å²) in [5.74, 6) is -0.192. The summed E-state index contributed by atoms with van der Waals surface area (Å²) in [6, 6.07) is 7.75. The van der Waals surface area contributed by atoms with Crippen molar-refractivity contribution in [1.82, 2.24) is 9.55 Å². The average Bonchev–Trinajstić information content (AvgIpc) is 2.65. The Morgan fingerprint density at radius 2 is 1.95 bits per heavy atom. The standard InChI is InChI=1S/C13H7BrCl2FN3/c14-8-4-7(17)5-9(16)12(8)20-11-3-6(15)1-2-10(11)19-13(20)18/h1-5H,(H2,18,19). The number of aromatic nitrogens is 2. The number of fused-ring (bicyclic) bond motifs is 1. The Morgan fingerprint density at radius 1 is 1.20 bits per heavy atom. The van der Waals surface area contributed by atoms with Gasteiger partial charge >= 0.3 is 0 Å². The Balaban J connectivity index is 2.40. The van der Waals surface area contributed by atoms with E-state index < -0.39 is 5.82 Å². The molecule has 0 bridgehead atoms. The van der Waals surface area contributed by atoms with Crippen molar-refractivity contribution in [1.29, 1.82) is 0 Å². The van der Waals surface area contributed by atoms with Crippen LogP contribution in [0.1, 0.15) is 0 Å². The minimum absolute atomic E-state index is 0.225. The maximum absolute atomic E-state index is 13.3. The van der Waals surface area contributed by atoms with Crippen molar-refractivity contribution < 1.29 is 4.39 Å². The van der Waals surface area contributed by atoms with Gasteiger partial charge in [-0.25, -0.2) is 9.37 Å². The van der Waals surface area contributed by atoms with Gasteiger partial charge in [-0.05, 0) is 46.3 Å². The monoisotopic (exact) mass is 373 g/mol. The van der Waals surface area contributed by atoms with Crippen LogP contribution in [0.25, 0.3) is 16.7 Å². The lowest BCUT2D eigenvalue weighted by molar-refractivity contribution is 0.626. The SMILES string of the molecule is Nc1nc2ccc(Cl)cc2n1-c1c(Cl)cc(F)cc1Br. The molecule has 0 spiro atoms. The average molecular weight is 375 g/mol. The number of anilines is 1. The molecule has 7 heteroatoms. The molecule has 102 valence electrons. The fraction of sp³-hybridized carbons (Fsp3) is 0. The number of imidazole rings is 1. The van der Waals surface area contributed by atoms with Gasteiger partial charge in [0.1, 0.15) is 5.82 Å². The van der Waals surface area contributed by atoms with E-state index in [2.05, 4.69) is 20.9 Å². The minimum atomic E-state index is -0.438. The molecular formula is C13H7BrCl2FN3. The first kappa shape index (κ1) is 13.7. The maximum Gasteiger partial charge on any atom is 0.206 e. The van der Waals surface area contributed by atoms with E-state index in [-0.39, 0.29) is 11.0 Å². The Bertz CT molecular complexity index is 809. The van der Waals surface area contributed by atoms with Crippen LogP contribution < -0.4 is 5.73 Å². The molecule has 0 aliphatic rings. The van der Waals surface area contributed by atoms with Crippen LogP contribution in [0.4, 0.5) is 10.3 Å². The lowest BCUT2D eigenvalue weighted by Crippen LogP contribution is -2.02. The number of nitrogen functional groups attached to an aromatic ring is 1. The van der Waals surface area contributed by atoms with Crippen LogP contribution >= 0.6 is 39.1 Å². The van der Waals surface area contributed by atoms with Crippen molar-refractivity contribution in [3.8, 4) is 5.69 Å². The third kappa shape index (κ3) is 2.16. The molecule has 0 unspecified atom stereocenters. The van der Waals surface area contributed by atoms with Crippen molar-refractivity contribution >= 4 is 56.1 Å². The number of nitrogens with zero attached hydrogens (tertiary/aromatic N) is 2. The van der Waals surface area contributed by atoms with E-state index in [1.54, 1.807) is 22.8 Å². The topological polar surface area (TPSA) is 43.8 Å². The molecule has 20 heavy (non-hydrogen) atoms. The van der Waals surface area contributed by atoms with Crippen LogP contribution in [-0.4, -0.2) is 9.55 Å². The summed E-state index contributed by atoms with van der Waals surface area (Å²) in [7, 11) is 0. The number of hydrogen-bond donors (Lipinski definition) is 1. The summed E-state index contributed by atoms with van der Waals surface area (Å²) in [5.41, 5.74) is 7.85. The normalized spacial score (nSPS) is 11.2. The summed E-state index contributed by atoms with van der Waals surface area (Å²) < 4.78 is 15.4. The number of rotatable bonds is 1. The van der Waals surface area contributed by atoms with E-state index in [0.29, 0.717) is 26.2 Å². The van der Waals surface area contributed by atoms with Crippen LogP contribution in [0.5, 0.6) is 0 Å². The van der Waals surface area contributed by atoms with Crippen molar-refractivity contribution in [3.63, 3.8) is 0 Å². The predicted octanol–water partition coefficient (Wildman–Crippen LogP) is 4.82. The molecule has 0 atom stereocenters. The zero-order valence-corrected chi connectivity index (χ0v) is 13.0. The van der Waals surface area contributed by atoms with Crippen molar-refractivity contribution in [2.75, 3.05) is 5.73 Å². The van der Waals surface area contributed by atoms with Crippen LogP contribution in [0.2, 0.25) is 10.0 Å². The number of benzene rings is 2. The summed E-state index contributed by atoms with van der Waals surface area (Å²) in [5, 5.41) is 0.774. The van der Waals surface area contributed by atoms with E-state index >= 15 is 0 Å². The van der Waals surface area contributed by atoms with Gasteiger partial charge < -0.3 is 5.73 Å². The van der Waals surface area contributed by atoms with Crippen LogP contribution in [0.15, 0.2) is 34.8 Å². The molecule has 1 heterocycles. The van der Waals surface area contributed by atoms with E-state index in [1.807, 2.05) is 0 Å². The van der Waals surface area contributed by atoms with Crippen LogP contribution in [0, 0.1) is 5.82 Å². The molecule has 3 nitrogen and oxygen atoms in total. The van der Waals surface area contributed by atoms with Crippen molar-refractivity contribution in [2.45, 2.75) is 0 Å². The molecule has 3 aromatic rings. The van der Waals surface area contributed by atoms with E-state index in [9.17, 15) is 4.39 Å². The Hall–Kier alpha value is -1.30. The molecule has 0 aliphatic heterocycles. The third-order valence-electron chi connectivity index (χ3n) is 2.85. The molecule has 0 fully saturated rings. The van der Waals surface area contributed by atoms with Crippen molar-refractivity contribution in [3.05, 3.63) is 50.7 Å². The Morgan fingerprint density at radius 3 is 2.65 bits per heavy atom. The first-order chi connectivity index (χ1) is 9.47. The van der Waals surface area contributed by atoms with E-state index in [1.165, 1.54) is 12.1 Å². The second-order valence-corrected chi connectivity index (χ2v) is 5.85. The second-order valence-electron chi connectivity index (χ2n) is 4.16. The number of halogens is 4. The molecule has 2 N–H and O–H groups in total. The quantitative estimate of drug-likeness (QED) is 0.663. The predicted molar refractivity (Wildman–Crippen MR) is 83.2 cm³/mol. The second kappa shape index (κ2) is 4.91. The Labute approximate surface area is 132 Å². The summed E-state index contributed by atoms with van der Waals surface area (Å²) in [6.45, 7) is 0. The highest BCUT2D eigenvalue weighted by atomic mass is 79.9. The van der Waals surface area contributed by atoms with Gasteiger partial charge in [0.25, 0.3) is 0 Å². The van der Waals surface area contributed by atoms with Crippen LogP contribution in [0.3, 0.4) is 0 Å². The van der Waals surface area contributed by atoms with Gasteiger partial charge in [-0.2, -0.15) is 0 Å². The highest BCUT2D eigenvalue weighted by Crippen LogP contribution is 2.35. The van der Waals surface area contributed by atoms with Gasteiger partial charge in [0, 0.05) is 9.50 Å². The summed E-state index contributed by atoms with van der Waals surface area (Å²) in [6.07, 6.45) is 0. The molecule has 0 saturated heterocycles. The zero-order valence-electron chi connectivity index (χ0n) is 9.87. The highest BCUT2D eigenvalue weighted by molar-refractivity contribution is 9.10. The van der Waals surface area contributed by atoms with Gasteiger partial charge in [-0.1, -0.05) is 23.2 Å². The zero-order chi connectivity index (χ0) is 14.4. The van der Waals surface area contributed by atoms with E-state index in [4.69, 9.17) is 28.9 Å². The van der Waals surface area contributed by atoms with Gasteiger partial charge in [-0.3, -0.25) is 4.57 Å². The van der Waals surface area contributed by atoms with Gasteiger partial charge in [0.05, 0.1) is 21.7 Å². The smallest absolute Gasteiger partial charge is 0.206 e. The molecule has 1 aromatic heterocycles. The van der Waals surface area contributed by atoms with Crippen LogP contribution in [-0.2, 0) is 0 Å². The third-order valence-corrected chi connectivity index (χ3v) is 3.98. The number of hydrogen-bond acceptors (Lipinski definition) is 2. The first-order valence-corrected chi connectivity index (χ1v) is 7.10. The lowest BCUT2D eigenvalue weighted by atomic mass is 10.2. The fourth-order valence-corrected chi connectivity index (χ4v) is 3.23.